The Bertz CT molecular complexity index is 637. The van der Waals surface area contributed by atoms with E-state index in [1.54, 1.807) is 12.1 Å². The summed E-state index contributed by atoms with van der Waals surface area (Å²) in [7, 11) is 0. The van der Waals surface area contributed by atoms with E-state index in [1.807, 2.05) is 19.1 Å². The molecule has 0 aromatic heterocycles. The molecule has 1 aromatic carbocycles. The summed E-state index contributed by atoms with van der Waals surface area (Å²) < 4.78 is 37.8. The number of aryl methyl sites for hydroxylation is 1. The first-order chi connectivity index (χ1) is 11.6. The van der Waals surface area contributed by atoms with Gasteiger partial charge in [0.1, 0.15) is 6.04 Å². The summed E-state index contributed by atoms with van der Waals surface area (Å²) in [6, 6.07) is 5.35. The van der Waals surface area contributed by atoms with Gasteiger partial charge in [0.15, 0.2) is 0 Å². The van der Waals surface area contributed by atoms with Crippen molar-refractivity contribution in [2.45, 2.75) is 63.1 Å². The van der Waals surface area contributed by atoms with Crippen molar-refractivity contribution in [1.29, 1.82) is 0 Å². The van der Waals surface area contributed by atoms with E-state index in [0.717, 1.165) is 30.4 Å². The molecule has 1 unspecified atom stereocenters. The zero-order valence-corrected chi connectivity index (χ0v) is 14.0. The number of carboxylic acids is 1. The highest BCUT2D eigenvalue weighted by atomic mass is 19.4. The Kier molecular flexibility index (Phi) is 5.75. The molecule has 4 nitrogen and oxygen atoms in total. The predicted molar refractivity (Wildman–Crippen MR) is 86.2 cm³/mol. The normalized spacial score (nSPS) is 18.4. The summed E-state index contributed by atoms with van der Waals surface area (Å²) in [5.74, 6) is -2.31. The molecule has 1 atom stereocenters. The monoisotopic (exact) mass is 357 g/mol. The summed E-state index contributed by atoms with van der Waals surface area (Å²) in [6.07, 6.45) is -2.75. The molecule has 0 spiro atoms. The van der Waals surface area contributed by atoms with E-state index in [0.29, 0.717) is 12.8 Å². The smallest absolute Gasteiger partial charge is 0.391 e. The molecule has 1 fully saturated rings. The number of amides is 1. The molecule has 7 heteroatoms. The lowest BCUT2D eigenvalue weighted by molar-refractivity contribution is -0.160. The molecule has 0 aliphatic heterocycles. The van der Waals surface area contributed by atoms with Crippen LogP contribution in [-0.4, -0.2) is 29.2 Å². The van der Waals surface area contributed by atoms with Crippen molar-refractivity contribution >= 4 is 11.9 Å². The highest BCUT2D eigenvalue weighted by molar-refractivity contribution is 5.91. The largest absolute Gasteiger partial charge is 0.480 e. The first-order valence-corrected chi connectivity index (χ1v) is 8.32. The van der Waals surface area contributed by atoms with Gasteiger partial charge >= 0.3 is 12.1 Å². The van der Waals surface area contributed by atoms with Gasteiger partial charge in [-0.2, -0.15) is 13.2 Å². The van der Waals surface area contributed by atoms with Crippen LogP contribution < -0.4 is 5.32 Å². The lowest BCUT2D eigenvalue weighted by atomic mass is 9.68. The van der Waals surface area contributed by atoms with Crippen LogP contribution in [0, 0.1) is 6.92 Å². The number of carbonyl (C=O) groups is 2. The van der Waals surface area contributed by atoms with Crippen molar-refractivity contribution in [1.82, 2.24) is 5.32 Å². The van der Waals surface area contributed by atoms with Crippen molar-refractivity contribution in [2.24, 2.45) is 0 Å². The van der Waals surface area contributed by atoms with Gasteiger partial charge in [-0.1, -0.05) is 49.1 Å². The number of rotatable bonds is 5. The molecular formula is C18H22F3NO3. The minimum Gasteiger partial charge on any atom is -0.480 e. The first-order valence-electron chi connectivity index (χ1n) is 8.32. The van der Waals surface area contributed by atoms with Gasteiger partial charge in [-0.25, -0.2) is 4.79 Å². The maximum atomic E-state index is 12.9. The van der Waals surface area contributed by atoms with Crippen LogP contribution >= 0.6 is 0 Å². The summed E-state index contributed by atoms with van der Waals surface area (Å²) in [4.78, 5) is 24.1. The van der Waals surface area contributed by atoms with E-state index in [2.05, 4.69) is 5.32 Å². The van der Waals surface area contributed by atoms with Crippen LogP contribution in [0.5, 0.6) is 0 Å². The summed E-state index contributed by atoms with van der Waals surface area (Å²) in [5.41, 5.74) is 0.713. The second-order valence-electron chi connectivity index (χ2n) is 6.70. The third-order valence-corrected chi connectivity index (χ3v) is 4.75. The molecular weight excluding hydrogens is 335 g/mol. The Morgan fingerprint density at radius 1 is 1.24 bits per heavy atom. The third kappa shape index (κ3) is 4.74. The van der Waals surface area contributed by atoms with Gasteiger partial charge in [-0.05, 0) is 25.3 Å². The van der Waals surface area contributed by atoms with E-state index in [9.17, 15) is 22.8 Å². The second kappa shape index (κ2) is 7.45. The highest BCUT2D eigenvalue weighted by Crippen LogP contribution is 2.40. The number of carbonyl (C=O) groups excluding carboxylic acids is 1. The molecule has 1 aliphatic rings. The van der Waals surface area contributed by atoms with Gasteiger partial charge in [0, 0.05) is 0 Å². The average molecular weight is 357 g/mol. The Hall–Kier alpha value is -2.05. The van der Waals surface area contributed by atoms with Gasteiger partial charge in [-0.15, -0.1) is 0 Å². The van der Waals surface area contributed by atoms with Crippen LogP contribution in [0.1, 0.15) is 49.7 Å². The standard InChI is InChI=1S/C18H22F3NO3/c1-12-6-5-7-13(10-12)17(8-3-2-4-9-17)16(25)22-14(15(23)24)11-18(19,20)21/h5-7,10,14H,2-4,8-9,11H2,1H3,(H,22,25)(H,23,24). The predicted octanol–water partition coefficient (Wildman–Crippen LogP) is 3.72. The molecule has 1 aliphatic carbocycles. The van der Waals surface area contributed by atoms with Crippen LogP contribution in [0.25, 0.3) is 0 Å². The maximum absolute atomic E-state index is 12.9. The zero-order valence-electron chi connectivity index (χ0n) is 14.0. The van der Waals surface area contributed by atoms with E-state index in [1.165, 1.54) is 0 Å². The molecule has 2 N–H and O–H groups in total. The lowest BCUT2D eigenvalue weighted by Crippen LogP contribution is -2.52. The molecule has 0 saturated heterocycles. The number of alkyl halides is 3. The van der Waals surface area contributed by atoms with E-state index in [4.69, 9.17) is 5.11 Å². The molecule has 1 amide bonds. The Morgan fingerprint density at radius 2 is 1.88 bits per heavy atom. The zero-order chi connectivity index (χ0) is 18.7. The Morgan fingerprint density at radius 3 is 2.40 bits per heavy atom. The maximum Gasteiger partial charge on any atom is 0.391 e. The van der Waals surface area contributed by atoms with E-state index < -0.39 is 35.9 Å². The highest BCUT2D eigenvalue weighted by Gasteiger charge is 2.44. The molecule has 0 radical (unpaired) electrons. The fourth-order valence-corrected chi connectivity index (χ4v) is 3.47. The quantitative estimate of drug-likeness (QED) is 0.844. The number of nitrogens with one attached hydrogen (secondary N) is 1. The van der Waals surface area contributed by atoms with Gasteiger partial charge in [0.05, 0.1) is 11.8 Å². The van der Waals surface area contributed by atoms with Crippen molar-refractivity contribution in [2.75, 3.05) is 0 Å². The minimum absolute atomic E-state index is 0.501. The average Bonchev–Trinajstić information content (AvgIpc) is 2.53. The molecule has 1 aromatic rings. The van der Waals surface area contributed by atoms with E-state index >= 15 is 0 Å². The first kappa shape index (κ1) is 19.3. The molecule has 25 heavy (non-hydrogen) atoms. The van der Waals surface area contributed by atoms with Crippen LogP contribution in [0.15, 0.2) is 24.3 Å². The topological polar surface area (TPSA) is 66.4 Å². The number of carboxylic acid groups (broad SMARTS) is 1. The lowest BCUT2D eigenvalue weighted by Gasteiger charge is -2.37. The molecule has 0 heterocycles. The number of benzene rings is 1. The minimum atomic E-state index is -4.67. The number of hydrogen-bond donors (Lipinski definition) is 2. The summed E-state index contributed by atoms with van der Waals surface area (Å²) >= 11 is 0. The van der Waals surface area contributed by atoms with Gasteiger partial charge < -0.3 is 10.4 Å². The van der Waals surface area contributed by atoms with E-state index in [-0.39, 0.29) is 0 Å². The summed E-state index contributed by atoms with van der Waals surface area (Å²) in [6.45, 7) is 1.88. The van der Waals surface area contributed by atoms with Crippen molar-refractivity contribution in [3.8, 4) is 0 Å². The SMILES string of the molecule is Cc1cccc(C2(C(=O)NC(CC(F)(F)F)C(=O)O)CCCCC2)c1. The third-order valence-electron chi connectivity index (χ3n) is 4.75. The number of aliphatic carboxylic acids is 1. The van der Waals surface area contributed by atoms with Gasteiger partial charge in [0.25, 0.3) is 0 Å². The Labute approximate surface area is 144 Å². The molecule has 0 bridgehead atoms. The number of hydrogen-bond acceptors (Lipinski definition) is 2. The number of halogens is 3. The summed E-state index contributed by atoms with van der Waals surface area (Å²) in [5, 5.41) is 11.2. The van der Waals surface area contributed by atoms with Gasteiger partial charge in [-0.3, -0.25) is 4.79 Å². The van der Waals surface area contributed by atoms with Gasteiger partial charge in [0.2, 0.25) is 5.91 Å². The van der Waals surface area contributed by atoms with Crippen LogP contribution in [0.2, 0.25) is 0 Å². The van der Waals surface area contributed by atoms with Crippen molar-refractivity contribution < 1.29 is 27.9 Å². The fraction of sp³-hybridized carbons (Fsp3) is 0.556. The van der Waals surface area contributed by atoms with Crippen molar-refractivity contribution in [3.63, 3.8) is 0 Å². The van der Waals surface area contributed by atoms with Crippen LogP contribution in [0.4, 0.5) is 13.2 Å². The van der Waals surface area contributed by atoms with Crippen molar-refractivity contribution in [3.05, 3.63) is 35.4 Å². The fourth-order valence-electron chi connectivity index (χ4n) is 3.47. The Balaban J connectivity index is 2.31. The van der Waals surface area contributed by atoms with Crippen LogP contribution in [0.3, 0.4) is 0 Å². The second-order valence-corrected chi connectivity index (χ2v) is 6.70. The molecule has 138 valence electrons. The molecule has 1 saturated carbocycles. The molecule has 2 rings (SSSR count). The van der Waals surface area contributed by atoms with Crippen LogP contribution in [-0.2, 0) is 15.0 Å².